The molecule has 1 aliphatic carbocycles. The van der Waals surface area contributed by atoms with Crippen LogP contribution in [0.3, 0.4) is 0 Å². The Labute approximate surface area is 112 Å². The van der Waals surface area contributed by atoms with Crippen molar-refractivity contribution in [3.63, 3.8) is 0 Å². The minimum absolute atomic E-state index is 0.00697. The molecule has 1 aromatic carbocycles. The second-order valence-electron chi connectivity index (χ2n) is 5.45. The van der Waals surface area contributed by atoms with Crippen molar-refractivity contribution < 1.29 is 9.90 Å². The number of aliphatic hydroxyl groups is 1. The molecular formula is C15H16N2O2. The van der Waals surface area contributed by atoms with Gasteiger partial charge in [-0.2, -0.15) is 5.26 Å². The molecule has 1 aromatic rings. The molecule has 1 amide bonds. The number of carbonyl (C=O) groups is 1. The summed E-state index contributed by atoms with van der Waals surface area (Å²) in [5, 5.41) is 18.1. The van der Waals surface area contributed by atoms with Gasteiger partial charge in [0.25, 0.3) is 0 Å². The molecule has 1 fully saturated rings. The molecule has 0 radical (unpaired) electrons. The van der Waals surface area contributed by atoms with Crippen molar-refractivity contribution in [3.05, 3.63) is 34.9 Å². The summed E-state index contributed by atoms with van der Waals surface area (Å²) in [4.78, 5) is 13.4. The Hall–Kier alpha value is -1.86. The highest BCUT2D eigenvalue weighted by Gasteiger charge is 2.45. The van der Waals surface area contributed by atoms with Gasteiger partial charge < -0.3 is 10.0 Å². The van der Waals surface area contributed by atoms with Crippen molar-refractivity contribution >= 4 is 5.91 Å². The van der Waals surface area contributed by atoms with Crippen LogP contribution in [0.15, 0.2) is 18.2 Å². The molecule has 3 rings (SSSR count). The smallest absolute Gasteiger partial charge is 0.248 e. The summed E-state index contributed by atoms with van der Waals surface area (Å²) in [6.07, 6.45) is 2.84. The number of benzene rings is 1. The highest BCUT2D eigenvalue weighted by Crippen LogP contribution is 2.46. The Morgan fingerprint density at radius 2 is 2.32 bits per heavy atom. The molecule has 1 saturated heterocycles. The van der Waals surface area contributed by atoms with E-state index in [0.29, 0.717) is 13.1 Å². The molecule has 2 aliphatic rings. The maximum Gasteiger partial charge on any atom is 0.248 e. The van der Waals surface area contributed by atoms with Crippen LogP contribution in [0.25, 0.3) is 0 Å². The maximum absolute atomic E-state index is 11.6. The van der Waals surface area contributed by atoms with Crippen molar-refractivity contribution in [1.82, 2.24) is 4.90 Å². The highest BCUT2D eigenvalue weighted by molar-refractivity contribution is 5.77. The van der Waals surface area contributed by atoms with E-state index in [4.69, 9.17) is 10.4 Å². The van der Waals surface area contributed by atoms with Crippen LogP contribution >= 0.6 is 0 Å². The number of likely N-dealkylation sites (tertiary alicyclic amines) is 1. The second-order valence-corrected chi connectivity index (χ2v) is 5.45. The van der Waals surface area contributed by atoms with Gasteiger partial charge in [-0.05, 0) is 36.5 Å². The van der Waals surface area contributed by atoms with Crippen LogP contribution in [0.4, 0.5) is 0 Å². The van der Waals surface area contributed by atoms with E-state index in [9.17, 15) is 4.79 Å². The van der Waals surface area contributed by atoms with E-state index in [2.05, 4.69) is 12.1 Å². The van der Waals surface area contributed by atoms with Gasteiger partial charge in [0.15, 0.2) is 0 Å². The lowest BCUT2D eigenvalue weighted by molar-refractivity contribution is -0.133. The van der Waals surface area contributed by atoms with Gasteiger partial charge in [-0.15, -0.1) is 0 Å². The van der Waals surface area contributed by atoms with Gasteiger partial charge in [0.2, 0.25) is 5.91 Å². The Balaban J connectivity index is 1.95. The Bertz CT molecular complexity index is 576. The lowest BCUT2D eigenvalue weighted by Gasteiger charge is -2.25. The molecule has 0 saturated carbocycles. The summed E-state index contributed by atoms with van der Waals surface area (Å²) in [6.45, 7) is 0.963. The first kappa shape index (κ1) is 12.2. The summed E-state index contributed by atoms with van der Waals surface area (Å²) in [6, 6.07) is 8.15. The summed E-state index contributed by atoms with van der Waals surface area (Å²) >= 11 is 0. The Morgan fingerprint density at radius 3 is 3.05 bits per heavy atom. The molecule has 4 heteroatoms. The second kappa shape index (κ2) is 4.36. The Morgan fingerprint density at radius 1 is 1.47 bits per heavy atom. The predicted octanol–water partition coefficient (Wildman–Crippen LogP) is 0.967. The van der Waals surface area contributed by atoms with Crippen LogP contribution in [0.1, 0.15) is 29.5 Å². The topological polar surface area (TPSA) is 64.3 Å². The third-order valence-corrected chi connectivity index (χ3v) is 4.56. The van der Waals surface area contributed by atoms with Crippen LogP contribution < -0.4 is 0 Å². The largest absolute Gasteiger partial charge is 0.387 e. The fourth-order valence-corrected chi connectivity index (χ4v) is 3.57. The van der Waals surface area contributed by atoms with Gasteiger partial charge >= 0.3 is 0 Å². The maximum atomic E-state index is 11.6. The van der Waals surface area contributed by atoms with E-state index in [1.165, 1.54) is 5.56 Å². The average molecular weight is 256 g/mol. The minimum Gasteiger partial charge on any atom is -0.387 e. The van der Waals surface area contributed by atoms with E-state index >= 15 is 0 Å². The van der Waals surface area contributed by atoms with Crippen molar-refractivity contribution in [3.8, 4) is 6.07 Å². The summed E-state index contributed by atoms with van der Waals surface area (Å²) in [5.74, 6) is -0.193. The van der Waals surface area contributed by atoms with Crippen LogP contribution in [0, 0.1) is 11.3 Å². The third kappa shape index (κ3) is 1.73. The first-order valence-electron chi connectivity index (χ1n) is 6.61. The van der Waals surface area contributed by atoms with Gasteiger partial charge in [0.05, 0.1) is 11.6 Å². The number of fused-ring (bicyclic) bond motifs is 2. The molecule has 1 aliphatic heterocycles. The molecule has 1 spiro atoms. The minimum atomic E-state index is -0.416. The molecule has 1 N–H and O–H groups in total. The number of nitriles is 1. The van der Waals surface area contributed by atoms with Crippen molar-refractivity contribution in [2.24, 2.45) is 0 Å². The van der Waals surface area contributed by atoms with E-state index in [1.54, 1.807) is 4.90 Å². The van der Waals surface area contributed by atoms with Gasteiger partial charge in [-0.25, -0.2) is 0 Å². The van der Waals surface area contributed by atoms with Gasteiger partial charge in [0, 0.05) is 18.5 Å². The molecule has 0 aromatic heterocycles. The SMILES string of the molecule is N#Cc1cccc2c1CCC21CCN(C(=O)CO)C1. The van der Waals surface area contributed by atoms with Gasteiger partial charge in [-0.1, -0.05) is 12.1 Å². The summed E-state index contributed by atoms with van der Waals surface area (Å²) < 4.78 is 0. The van der Waals surface area contributed by atoms with E-state index in [1.807, 2.05) is 12.1 Å². The van der Waals surface area contributed by atoms with Crippen LogP contribution in [-0.4, -0.2) is 35.6 Å². The number of carbonyl (C=O) groups excluding carboxylic acids is 1. The van der Waals surface area contributed by atoms with E-state index < -0.39 is 6.61 Å². The van der Waals surface area contributed by atoms with Crippen molar-refractivity contribution in [2.75, 3.05) is 19.7 Å². The monoisotopic (exact) mass is 256 g/mol. The lowest BCUT2D eigenvalue weighted by atomic mass is 9.81. The number of nitrogens with zero attached hydrogens (tertiary/aromatic N) is 2. The highest BCUT2D eigenvalue weighted by atomic mass is 16.3. The first-order valence-corrected chi connectivity index (χ1v) is 6.61. The summed E-state index contributed by atoms with van der Waals surface area (Å²) in [5.41, 5.74) is 3.16. The van der Waals surface area contributed by atoms with Gasteiger partial charge in [-0.3, -0.25) is 4.79 Å². The lowest BCUT2D eigenvalue weighted by Crippen LogP contribution is -2.34. The van der Waals surface area contributed by atoms with Crippen LogP contribution in [-0.2, 0) is 16.6 Å². The number of aliphatic hydroxyl groups excluding tert-OH is 1. The molecular weight excluding hydrogens is 240 g/mol. The molecule has 19 heavy (non-hydrogen) atoms. The standard InChI is InChI=1S/C15H16N2O2/c16-8-11-2-1-3-13-12(11)4-5-15(13)6-7-17(10-15)14(19)9-18/h1-3,18H,4-7,9-10H2. The number of amides is 1. The fourth-order valence-electron chi connectivity index (χ4n) is 3.57. The zero-order valence-electron chi connectivity index (χ0n) is 10.7. The zero-order chi connectivity index (χ0) is 13.5. The predicted molar refractivity (Wildman–Crippen MR) is 69.4 cm³/mol. The first-order chi connectivity index (χ1) is 9.20. The zero-order valence-corrected chi connectivity index (χ0v) is 10.7. The Kier molecular flexibility index (Phi) is 2.79. The molecule has 1 atom stereocenters. The van der Waals surface area contributed by atoms with Crippen molar-refractivity contribution in [2.45, 2.75) is 24.7 Å². The quantitative estimate of drug-likeness (QED) is 0.814. The van der Waals surface area contributed by atoms with Crippen LogP contribution in [0.2, 0.25) is 0 Å². The third-order valence-electron chi connectivity index (χ3n) is 4.56. The van der Waals surface area contributed by atoms with Crippen LogP contribution in [0.5, 0.6) is 0 Å². The average Bonchev–Trinajstić information content (AvgIpc) is 3.04. The normalized spacial score (nSPS) is 24.5. The molecule has 4 nitrogen and oxygen atoms in total. The van der Waals surface area contributed by atoms with E-state index in [0.717, 1.165) is 30.4 Å². The number of hydrogen-bond acceptors (Lipinski definition) is 3. The number of rotatable bonds is 1. The van der Waals surface area contributed by atoms with E-state index in [-0.39, 0.29) is 11.3 Å². The molecule has 1 unspecified atom stereocenters. The molecule has 98 valence electrons. The molecule has 1 heterocycles. The van der Waals surface area contributed by atoms with Crippen molar-refractivity contribution in [1.29, 1.82) is 5.26 Å². The summed E-state index contributed by atoms with van der Waals surface area (Å²) in [7, 11) is 0. The number of hydrogen-bond donors (Lipinski definition) is 1. The van der Waals surface area contributed by atoms with Gasteiger partial charge in [0.1, 0.15) is 6.61 Å². The molecule has 0 bridgehead atoms. The fraction of sp³-hybridized carbons (Fsp3) is 0.467.